The van der Waals surface area contributed by atoms with Gasteiger partial charge >= 0.3 is 0 Å². The summed E-state index contributed by atoms with van der Waals surface area (Å²) in [5.41, 5.74) is 3.26. The zero-order valence-corrected chi connectivity index (χ0v) is 17.6. The quantitative estimate of drug-likeness (QED) is 0.502. The maximum atomic E-state index is 12.7. The molecule has 0 saturated heterocycles. The Kier molecular flexibility index (Phi) is 6.79. The Morgan fingerprint density at radius 3 is 2.54 bits per heavy atom. The lowest BCUT2D eigenvalue weighted by molar-refractivity contribution is 0.0975. The number of nitrogens with one attached hydrogen (secondary N) is 2. The van der Waals surface area contributed by atoms with Crippen LogP contribution in [0, 0.1) is 6.92 Å². The average Bonchev–Trinajstić information content (AvgIpc) is 2.67. The highest BCUT2D eigenvalue weighted by Gasteiger charge is 2.13. The van der Waals surface area contributed by atoms with Gasteiger partial charge in [-0.2, -0.15) is 0 Å². The fourth-order valence-electron chi connectivity index (χ4n) is 2.56. The third-order valence-electron chi connectivity index (χ3n) is 3.99. The van der Waals surface area contributed by atoms with Crippen molar-refractivity contribution in [3.8, 4) is 5.75 Å². The topological polar surface area (TPSA) is 50.4 Å². The molecule has 0 aliphatic rings. The zero-order valence-electron chi connectivity index (χ0n) is 15.2. The summed E-state index contributed by atoms with van der Waals surface area (Å²) in [4.78, 5) is 12.7. The van der Waals surface area contributed by atoms with E-state index in [1.54, 1.807) is 6.07 Å². The molecule has 4 nitrogen and oxygen atoms in total. The molecule has 3 aromatic carbocycles. The summed E-state index contributed by atoms with van der Waals surface area (Å²) in [5, 5.41) is 5.96. The average molecular weight is 455 g/mol. The van der Waals surface area contributed by atoms with Crippen LogP contribution >= 0.6 is 28.1 Å². The van der Waals surface area contributed by atoms with Crippen molar-refractivity contribution in [2.45, 2.75) is 13.5 Å². The second-order valence-corrected chi connectivity index (χ2v) is 7.50. The monoisotopic (exact) mass is 454 g/mol. The Bertz CT molecular complexity index is 990. The lowest BCUT2D eigenvalue weighted by Crippen LogP contribution is -2.34. The molecule has 3 aromatic rings. The summed E-state index contributed by atoms with van der Waals surface area (Å²) in [6.07, 6.45) is 0. The van der Waals surface area contributed by atoms with Crippen molar-refractivity contribution in [2.24, 2.45) is 0 Å². The number of halogens is 1. The molecule has 0 aromatic heterocycles. The van der Waals surface area contributed by atoms with Crippen LogP contribution in [-0.4, -0.2) is 11.0 Å². The number of amides is 1. The van der Waals surface area contributed by atoms with Crippen molar-refractivity contribution in [1.82, 2.24) is 5.32 Å². The number of thiocarbonyl (C=S) groups is 1. The molecule has 0 atom stereocenters. The highest BCUT2D eigenvalue weighted by molar-refractivity contribution is 9.10. The molecule has 3 rings (SSSR count). The van der Waals surface area contributed by atoms with Crippen molar-refractivity contribution >= 4 is 44.9 Å². The number of aryl methyl sites for hydroxylation is 1. The van der Waals surface area contributed by atoms with Crippen molar-refractivity contribution in [3.63, 3.8) is 0 Å². The standard InChI is InChI=1S/C22H19BrN2O2S/c1-15-9-11-19(12-10-15)27-14-16-5-2-3-8-20(16)21(26)25-22(28)24-18-7-4-6-17(23)13-18/h2-13H,14H2,1H3,(H2,24,25,26,28). The summed E-state index contributed by atoms with van der Waals surface area (Å²) in [7, 11) is 0. The van der Waals surface area contributed by atoms with E-state index in [4.69, 9.17) is 17.0 Å². The number of hydrogen-bond acceptors (Lipinski definition) is 3. The van der Waals surface area contributed by atoms with Gasteiger partial charge in [-0.25, -0.2) is 0 Å². The first-order chi connectivity index (χ1) is 13.5. The molecule has 1 amide bonds. The van der Waals surface area contributed by atoms with Crippen LogP contribution in [-0.2, 0) is 6.61 Å². The summed E-state index contributed by atoms with van der Waals surface area (Å²) in [5.74, 6) is 0.475. The van der Waals surface area contributed by atoms with E-state index >= 15 is 0 Å². The van der Waals surface area contributed by atoms with Crippen LogP contribution in [0.3, 0.4) is 0 Å². The van der Waals surface area contributed by atoms with E-state index in [0.29, 0.717) is 12.2 Å². The molecule has 0 saturated carbocycles. The first kappa shape index (κ1) is 20.0. The molecule has 0 fully saturated rings. The highest BCUT2D eigenvalue weighted by Crippen LogP contribution is 2.17. The number of carbonyl (C=O) groups excluding carboxylic acids is 1. The zero-order chi connectivity index (χ0) is 19.9. The molecule has 0 aliphatic heterocycles. The third kappa shape index (κ3) is 5.65. The molecular weight excluding hydrogens is 436 g/mol. The summed E-state index contributed by atoms with van der Waals surface area (Å²) >= 11 is 8.67. The minimum atomic E-state index is -0.282. The van der Waals surface area contributed by atoms with Gasteiger partial charge in [0.2, 0.25) is 0 Å². The van der Waals surface area contributed by atoms with E-state index in [2.05, 4.69) is 26.6 Å². The van der Waals surface area contributed by atoms with Gasteiger partial charge in [-0.3, -0.25) is 10.1 Å². The number of hydrogen-bond donors (Lipinski definition) is 2. The van der Waals surface area contributed by atoms with Crippen LogP contribution in [0.15, 0.2) is 77.3 Å². The van der Waals surface area contributed by atoms with Gasteiger partial charge in [-0.05, 0) is 55.5 Å². The number of carbonyl (C=O) groups is 1. The Hall–Kier alpha value is -2.70. The van der Waals surface area contributed by atoms with Gasteiger partial charge in [-0.1, -0.05) is 57.9 Å². The van der Waals surface area contributed by atoms with Gasteiger partial charge in [0, 0.05) is 21.3 Å². The predicted molar refractivity (Wildman–Crippen MR) is 120 cm³/mol. The first-order valence-electron chi connectivity index (χ1n) is 8.66. The van der Waals surface area contributed by atoms with Crippen LogP contribution in [0.25, 0.3) is 0 Å². The van der Waals surface area contributed by atoms with Crippen LogP contribution in [0.1, 0.15) is 21.5 Å². The number of ether oxygens (including phenoxy) is 1. The van der Waals surface area contributed by atoms with E-state index in [0.717, 1.165) is 21.5 Å². The maximum Gasteiger partial charge on any atom is 0.257 e. The minimum Gasteiger partial charge on any atom is -0.489 e. The Balaban J connectivity index is 1.64. The molecule has 28 heavy (non-hydrogen) atoms. The lowest BCUT2D eigenvalue weighted by atomic mass is 10.1. The molecule has 6 heteroatoms. The molecule has 0 bridgehead atoms. The highest BCUT2D eigenvalue weighted by atomic mass is 79.9. The smallest absolute Gasteiger partial charge is 0.257 e. The largest absolute Gasteiger partial charge is 0.489 e. The fourth-order valence-corrected chi connectivity index (χ4v) is 3.17. The van der Waals surface area contributed by atoms with Gasteiger partial charge in [0.1, 0.15) is 12.4 Å². The van der Waals surface area contributed by atoms with Gasteiger partial charge in [0.05, 0.1) is 0 Å². The second-order valence-electron chi connectivity index (χ2n) is 6.18. The van der Waals surface area contributed by atoms with E-state index in [-0.39, 0.29) is 11.0 Å². The van der Waals surface area contributed by atoms with E-state index in [9.17, 15) is 4.79 Å². The predicted octanol–water partition coefficient (Wildman–Crippen LogP) is 5.46. The first-order valence-corrected chi connectivity index (χ1v) is 9.86. The van der Waals surface area contributed by atoms with Gasteiger partial charge in [0.25, 0.3) is 5.91 Å². The molecule has 0 heterocycles. The summed E-state index contributed by atoms with van der Waals surface area (Å²) < 4.78 is 6.74. The molecular formula is C22H19BrN2O2S. The Labute approximate surface area is 178 Å². The van der Waals surface area contributed by atoms with Crippen molar-refractivity contribution in [2.75, 3.05) is 5.32 Å². The SMILES string of the molecule is Cc1ccc(OCc2ccccc2C(=O)NC(=S)Nc2cccc(Br)c2)cc1. The molecule has 0 radical (unpaired) electrons. The summed E-state index contributed by atoms with van der Waals surface area (Å²) in [6, 6.07) is 22.7. The number of rotatable bonds is 5. The lowest BCUT2D eigenvalue weighted by Gasteiger charge is -2.13. The number of benzene rings is 3. The van der Waals surface area contributed by atoms with E-state index in [1.807, 2.05) is 73.7 Å². The van der Waals surface area contributed by atoms with Crippen molar-refractivity contribution in [3.05, 3.63) is 94.0 Å². The van der Waals surface area contributed by atoms with Crippen molar-refractivity contribution < 1.29 is 9.53 Å². The van der Waals surface area contributed by atoms with E-state index in [1.165, 1.54) is 5.56 Å². The van der Waals surface area contributed by atoms with Gasteiger partial charge in [-0.15, -0.1) is 0 Å². The van der Waals surface area contributed by atoms with Crippen LogP contribution in [0.5, 0.6) is 5.75 Å². The minimum absolute atomic E-state index is 0.234. The normalized spacial score (nSPS) is 10.2. The number of anilines is 1. The Morgan fingerprint density at radius 1 is 1.04 bits per heavy atom. The van der Waals surface area contributed by atoms with Crippen LogP contribution in [0.4, 0.5) is 5.69 Å². The van der Waals surface area contributed by atoms with Crippen LogP contribution < -0.4 is 15.4 Å². The fraction of sp³-hybridized carbons (Fsp3) is 0.0909. The van der Waals surface area contributed by atoms with E-state index < -0.39 is 0 Å². The third-order valence-corrected chi connectivity index (χ3v) is 4.68. The molecule has 2 N–H and O–H groups in total. The maximum absolute atomic E-state index is 12.7. The molecule has 0 spiro atoms. The van der Waals surface area contributed by atoms with Gasteiger partial charge < -0.3 is 10.1 Å². The second kappa shape index (κ2) is 9.48. The molecule has 0 aliphatic carbocycles. The Morgan fingerprint density at radius 2 is 1.79 bits per heavy atom. The van der Waals surface area contributed by atoms with Crippen molar-refractivity contribution in [1.29, 1.82) is 0 Å². The molecule has 142 valence electrons. The summed E-state index contributed by atoms with van der Waals surface area (Å²) in [6.45, 7) is 2.31. The van der Waals surface area contributed by atoms with Crippen LogP contribution in [0.2, 0.25) is 0 Å². The molecule has 0 unspecified atom stereocenters. The van der Waals surface area contributed by atoms with Gasteiger partial charge in [0.15, 0.2) is 5.11 Å².